The second-order valence-corrected chi connectivity index (χ2v) is 8.32. The Morgan fingerprint density at radius 2 is 1.52 bits per heavy atom. The van der Waals surface area contributed by atoms with E-state index in [1.54, 1.807) is 0 Å². The van der Waals surface area contributed by atoms with Crippen LogP contribution in [0.3, 0.4) is 0 Å². The maximum atomic E-state index is 13.1. The molecule has 0 spiro atoms. The van der Waals surface area contributed by atoms with Gasteiger partial charge in [-0.3, -0.25) is 23.8 Å². The first-order valence-corrected chi connectivity index (χ1v) is 10.4. The van der Waals surface area contributed by atoms with Crippen LogP contribution in [0.2, 0.25) is 0 Å². The van der Waals surface area contributed by atoms with E-state index in [-0.39, 0.29) is 40.1 Å². The minimum atomic E-state index is -4.68. The molecule has 0 radical (unpaired) electrons. The number of aryl methyl sites for hydroxylation is 1. The SMILES string of the molecule is Cc1cc(C(=O)c2ccccc2S(=O)(=O)O)c(C)c(CN(CC(=O)O)CC(=O)O)c1O. The zero-order chi connectivity index (χ0) is 23.5. The molecule has 11 heteroatoms. The van der Waals surface area contributed by atoms with Crippen molar-refractivity contribution in [1.82, 2.24) is 4.90 Å². The molecule has 2 rings (SSSR count). The lowest BCUT2D eigenvalue weighted by atomic mass is 9.92. The highest BCUT2D eigenvalue weighted by atomic mass is 32.2. The van der Waals surface area contributed by atoms with E-state index in [1.807, 2.05) is 0 Å². The molecule has 0 amide bonds. The molecule has 0 aliphatic rings. The molecule has 2 aromatic carbocycles. The zero-order valence-electron chi connectivity index (χ0n) is 16.7. The van der Waals surface area contributed by atoms with Gasteiger partial charge in [-0.25, -0.2) is 0 Å². The molecule has 2 aromatic rings. The van der Waals surface area contributed by atoms with E-state index in [0.29, 0.717) is 0 Å². The Kier molecular flexibility index (Phi) is 7.16. The first kappa shape index (κ1) is 24.0. The molecule has 0 unspecified atom stereocenters. The fourth-order valence-corrected chi connectivity index (χ4v) is 3.89. The minimum Gasteiger partial charge on any atom is -0.507 e. The van der Waals surface area contributed by atoms with Crippen LogP contribution in [0.5, 0.6) is 5.75 Å². The summed E-state index contributed by atoms with van der Waals surface area (Å²) < 4.78 is 32.8. The van der Waals surface area contributed by atoms with Gasteiger partial charge in [0.2, 0.25) is 0 Å². The zero-order valence-corrected chi connectivity index (χ0v) is 17.5. The lowest BCUT2D eigenvalue weighted by molar-refractivity contribution is -0.142. The monoisotopic (exact) mass is 451 g/mol. The third-order valence-electron chi connectivity index (χ3n) is 4.63. The number of phenolic OH excluding ortho intramolecular Hbond substituents is 1. The molecule has 0 aromatic heterocycles. The van der Waals surface area contributed by atoms with Gasteiger partial charge in [-0.2, -0.15) is 8.42 Å². The third-order valence-corrected chi connectivity index (χ3v) is 5.54. The van der Waals surface area contributed by atoms with Gasteiger partial charge in [0.15, 0.2) is 5.78 Å². The van der Waals surface area contributed by atoms with Crippen LogP contribution in [0.1, 0.15) is 32.6 Å². The Labute approximate surface area is 178 Å². The van der Waals surface area contributed by atoms with E-state index < -0.39 is 45.8 Å². The van der Waals surface area contributed by atoms with Gasteiger partial charge in [0, 0.05) is 23.2 Å². The summed E-state index contributed by atoms with van der Waals surface area (Å²) in [6.45, 7) is 1.44. The largest absolute Gasteiger partial charge is 0.507 e. The number of carboxylic acids is 2. The summed E-state index contributed by atoms with van der Waals surface area (Å²) in [7, 11) is -4.68. The highest BCUT2D eigenvalue weighted by Crippen LogP contribution is 2.32. The van der Waals surface area contributed by atoms with Crippen LogP contribution in [0.15, 0.2) is 35.2 Å². The number of aromatic hydroxyl groups is 1. The van der Waals surface area contributed by atoms with E-state index in [1.165, 1.54) is 38.1 Å². The molecule has 31 heavy (non-hydrogen) atoms. The van der Waals surface area contributed by atoms with Crippen molar-refractivity contribution in [3.8, 4) is 5.75 Å². The van der Waals surface area contributed by atoms with Crippen LogP contribution in [0.4, 0.5) is 0 Å². The molecule has 166 valence electrons. The number of carboxylic acid groups (broad SMARTS) is 2. The van der Waals surface area contributed by atoms with E-state index in [4.69, 9.17) is 10.2 Å². The van der Waals surface area contributed by atoms with Gasteiger partial charge < -0.3 is 15.3 Å². The number of carbonyl (C=O) groups is 3. The van der Waals surface area contributed by atoms with Crippen LogP contribution in [0.25, 0.3) is 0 Å². The summed E-state index contributed by atoms with van der Waals surface area (Å²) in [5.41, 5.74) is 0.345. The number of hydrogen-bond acceptors (Lipinski definition) is 7. The number of benzene rings is 2. The van der Waals surface area contributed by atoms with Crippen molar-refractivity contribution >= 4 is 27.8 Å². The van der Waals surface area contributed by atoms with Gasteiger partial charge in [0.05, 0.1) is 13.1 Å². The van der Waals surface area contributed by atoms with Crippen LogP contribution < -0.4 is 0 Å². The number of hydrogen-bond donors (Lipinski definition) is 4. The Hall–Kier alpha value is -3.28. The van der Waals surface area contributed by atoms with Crippen molar-refractivity contribution in [3.05, 3.63) is 58.1 Å². The van der Waals surface area contributed by atoms with Crippen LogP contribution in [-0.2, 0) is 26.3 Å². The molecule has 0 fully saturated rings. The molecule has 0 bridgehead atoms. The van der Waals surface area contributed by atoms with Gasteiger partial charge >= 0.3 is 11.9 Å². The van der Waals surface area contributed by atoms with Crippen molar-refractivity contribution < 1.29 is 42.7 Å². The molecule has 0 heterocycles. The van der Waals surface area contributed by atoms with Crippen LogP contribution >= 0.6 is 0 Å². The lowest BCUT2D eigenvalue weighted by Gasteiger charge is -2.22. The summed E-state index contributed by atoms with van der Waals surface area (Å²) in [4.78, 5) is 35.8. The predicted molar refractivity (Wildman–Crippen MR) is 108 cm³/mol. The Morgan fingerprint density at radius 3 is 2.03 bits per heavy atom. The second-order valence-electron chi connectivity index (χ2n) is 6.93. The molecule has 0 aliphatic heterocycles. The third kappa shape index (κ3) is 5.66. The van der Waals surface area contributed by atoms with E-state index in [9.17, 15) is 32.5 Å². The van der Waals surface area contributed by atoms with Crippen LogP contribution in [0, 0.1) is 13.8 Å². The molecular weight excluding hydrogens is 430 g/mol. The predicted octanol–water partition coefficient (Wildman–Crippen LogP) is 1.46. The minimum absolute atomic E-state index is 0.0204. The average Bonchev–Trinajstić information content (AvgIpc) is 2.65. The van der Waals surface area contributed by atoms with Crippen molar-refractivity contribution in [2.75, 3.05) is 13.1 Å². The van der Waals surface area contributed by atoms with Crippen LogP contribution in [-0.4, -0.2) is 64.0 Å². The number of rotatable bonds is 9. The molecule has 10 nitrogen and oxygen atoms in total. The molecule has 0 saturated carbocycles. The van der Waals surface area contributed by atoms with Crippen molar-refractivity contribution in [1.29, 1.82) is 0 Å². The van der Waals surface area contributed by atoms with Gasteiger partial charge in [-0.15, -0.1) is 0 Å². The summed E-state index contributed by atoms with van der Waals surface area (Å²) in [6.07, 6.45) is 0. The molecule has 4 N–H and O–H groups in total. The van der Waals surface area contributed by atoms with Gasteiger partial charge in [0.1, 0.15) is 10.6 Å². The first-order valence-electron chi connectivity index (χ1n) is 8.92. The molecular formula is C20H21NO9S. The number of aliphatic carboxylic acids is 2. The number of phenols is 1. The van der Waals surface area contributed by atoms with E-state index >= 15 is 0 Å². The Morgan fingerprint density at radius 1 is 0.968 bits per heavy atom. The summed E-state index contributed by atoms with van der Waals surface area (Å²) in [5, 5.41) is 28.6. The fraction of sp³-hybridized carbons (Fsp3) is 0.250. The highest BCUT2D eigenvalue weighted by Gasteiger charge is 2.25. The quantitative estimate of drug-likeness (QED) is 0.323. The van der Waals surface area contributed by atoms with Crippen molar-refractivity contribution in [2.24, 2.45) is 0 Å². The summed E-state index contributed by atoms with van der Waals surface area (Å²) in [6, 6.07) is 6.42. The first-order chi connectivity index (χ1) is 14.3. The van der Waals surface area contributed by atoms with Crippen molar-refractivity contribution in [2.45, 2.75) is 25.3 Å². The van der Waals surface area contributed by atoms with Gasteiger partial charge in [0.25, 0.3) is 10.1 Å². The van der Waals surface area contributed by atoms with Gasteiger partial charge in [-0.05, 0) is 43.2 Å². The van der Waals surface area contributed by atoms with E-state index in [2.05, 4.69) is 0 Å². The fourth-order valence-electron chi connectivity index (χ4n) is 3.20. The number of nitrogens with zero attached hydrogens (tertiary/aromatic N) is 1. The Bertz CT molecular complexity index is 1140. The standard InChI is InChI=1S/C20H21NO9S/c1-11-7-14(20(27)13-5-3-4-6-16(13)31(28,29)30)12(2)15(19(11)26)8-21(9-17(22)23)10-18(24)25/h3-7,26H,8-10H2,1-2H3,(H,22,23)(H,24,25)(H,28,29,30). The molecule has 0 aliphatic carbocycles. The summed E-state index contributed by atoms with van der Waals surface area (Å²) >= 11 is 0. The highest BCUT2D eigenvalue weighted by molar-refractivity contribution is 7.86. The Balaban J connectivity index is 2.60. The normalized spacial score (nSPS) is 11.5. The topological polar surface area (TPSA) is 170 Å². The maximum absolute atomic E-state index is 13.1. The number of ketones is 1. The molecule has 0 saturated heterocycles. The van der Waals surface area contributed by atoms with Crippen molar-refractivity contribution in [3.63, 3.8) is 0 Å². The van der Waals surface area contributed by atoms with E-state index in [0.717, 1.165) is 11.0 Å². The number of carbonyl (C=O) groups excluding carboxylic acids is 1. The maximum Gasteiger partial charge on any atom is 0.317 e. The average molecular weight is 451 g/mol. The lowest BCUT2D eigenvalue weighted by Crippen LogP contribution is -2.34. The smallest absolute Gasteiger partial charge is 0.317 e. The molecule has 0 atom stereocenters. The second kappa shape index (κ2) is 9.25. The summed E-state index contributed by atoms with van der Waals surface area (Å²) in [5.74, 6) is -3.52. The van der Waals surface area contributed by atoms with Gasteiger partial charge in [-0.1, -0.05) is 12.1 Å².